The Labute approximate surface area is 126 Å². The Morgan fingerprint density at radius 3 is 3.10 bits per heavy atom. The Balaban J connectivity index is 1.41. The zero-order valence-electron chi connectivity index (χ0n) is 11.6. The van der Waals surface area contributed by atoms with E-state index in [0.29, 0.717) is 30.7 Å². The average Bonchev–Trinajstić information content (AvgIpc) is 2.94. The number of carbonyl (C=O) groups is 1. The summed E-state index contributed by atoms with van der Waals surface area (Å²) in [6, 6.07) is -0.181. The molecule has 2 saturated heterocycles. The van der Waals surface area contributed by atoms with Gasteiger partial charge in [-0.05, 0) is 19.3 Å². The van der Waals surface area contributed by atoms with Gasteiger partial charge < -0.3 is 14.7 Å². The van der Waals surface area contributed by atoms with E-state index in [9.17, 15) is 9.90 Å². The fourth-order valence-corrected chi connectivity index (χ4v) is 3.85. The first-order chi connectivity index (χ1) is 10.2. The van der Waals surface area contributed by atoms with Gasteiger partial charge in [-0.3, -0.25) is 5.32 Å². The minimum absolute atomic E-state index is 0.0356. The standard InChI is InChI=1S/C13H18N4O3S/c18-7-13-6-17(5-9(13)3-4-20-13)12(19)15-11-14-10(16-21-11)8-1-2-8/h8-9,18H,1-7H2,(H,14,15,16,19)/t9-,13-/m1/s1. The van der Waals surface area contributed by atoms with Crippen molar-refractivity contribution in [3.63, 3.8) is 0 Å². The fraction of sp³-hybridized carbons (Fsp3) is 0.769. The summed E-state index contributed by atoms with van der Waals surface area (Å²) in [5, 5.41) is 12.9. The summed E-state index contributed by atoms with van der Waals surface area (Å²) in [6.45, 7) is 1.70. The average molecular weight is 310 g/mol. The number of hydrogen-bond donors (Lipinski definition) is 2. The van der Waals surface area contributed by atoms with Gasteiger partial charge >= 0.3 is 6.03 Å². The number of aliphatic hydroxyl groups excluding tert-OH is 1. The SMILES string of the molecule is O=C(Nc1nc(C2CC2)ns1)N1C[C@H]2CCO[C@@]2(CO)C1. The molecule has 7 nitrogen and oxygen atoms in total. The van der Waals surface area contributed by atoms with Crippen molar-refractivity contribution < 1.29 is 14.6 Å². The highest BCUT2D eigenvalue weighted by Gasteiger charge is 2.52. The summed E-state index contributed by atoms with van der Waals surface area (Å²) in [5.41, 5.74) is -0.558. The molecule has 1 aliphatic carbocycles. The molecular formula is C13H18N4O3S. The summed E-state index contributed by atoms with van der Waals surface area (Å²) in [5.74, 6) is 1.57. The monoisotopic (exact) mass is 310 g/mol. The Morgan fingerprint density at radius 1 is 1.52 bits per heavy atom. The van der Waals surface area contributed by atoms with Crippen LogP contribution in [0.15, 0.2) is 0 Å². The van der Waals surface area contributed by atoms with Crippen LogP contribution < -0.4 is 5.32 Å². The van der Waals surface area contributed by atoms with Crippen LogP contribution in [0, 0.1) is 5.92 Å². The summed E-state index contributed by atoms with van der Waals surface area (Å²) in [6.07, 6.45) is 3.19. The van der Waals surface area contributed by atoms with Crippen molar-refractivity contribution in [1.29, 1.82) is 0 Å². The van der Waals surface area contributed by atoms with Crippen LogP contribution in [0.25, 0.3) is 0 Å². The highest BCUT2D eigenvalue weighted by molar-refractivity contribution is 7.09. The van der Waals surface area contributed by atoms with Crippen molar-refractivity contribution in [2.24, 2.45) is 5.92 Å². The Morgan fingerprint density at radius 2 is 2.38 bits per heavy atom. The van der Waals surface area contributed by atoms with Gasteiger partial charge in [0, 0.05) is 36.5 Å². The van der Waals surface area contributed by atoms with Crippen molar-refractivity contribution in [2.75, 3.05) is 31.6 Å². The number of rotatable bonds is 3. The second-order valence-electron chi connectivity index (χ2n) is 6.10. The molecule has 8 heteroatoms. The van der Waals surface area contributed by atoms with Crippen LogP contribution in [0.1, 0.15) is 31.0 Å². The van der Waals surface area contributed by atoms with Gasteiger partial charge in [0.05, 0.1) is 13.2 Å². The summed E-state index contributed by atoms with van der Waals surface area (Å²) in [7, 11) is 0. The van der Waals surface area contributed by atoms with Crippen molar-refractivity contribution in [2.45, 2.75) is 30.8 Å². The highest BCUT2D eigenvalue weighted by Crippen LogP contribution is 2.40. The van der Waals surface area contributed by atoms with Gasteiger partial charge in [0.2, 0.25) is 5.13 Å². The topological polar surface area (TPSA) is 87.6 Å². The van der Waals surface area contributed by atoms with Crippen LogP contribution in [0.2, 0.25) is 0 Å². The van der Waals surface area contributed by atoms with Crippen molar-refractivity contribution >= 4 is 22.7 Å². The largest absolute Gasteiger partial charge is 0.393 e. The van der Waals surface area contributed by atoms with Gasteiger partial charge in [0.15, 0.2) is 0 Å². The number of likely N-dealkylation sites (tertiary alicyclic amines) is 1. The van der Waals surface area contributed by atoms with E-state index in [1.807, 2.05) is 0 Å². The van der Waals surface area contributed by atoms with E-state index in [-0.39, 0.29) is 18.6 Å². The Kier molecular flexibility index (Phi) is 3.13. The van der Waals surface area contributed by atoms with Gasteiger partial charge in [-0.15, -0.1) is 0 Å². The molecular weight excluding hydrogens is 292 g/mol. The maximum atomic E-state index is 12.3. The molecule has 114 valence electrons. The van der Waals surface area contributed by atoms with Gasteiger partial charge in [-0.1, -0.05) is 0 Å². The zero-order valence-corrected chi connectivity index (χ0v) is 12.4. The molecule has 1 aromatic rings. The zero-order chi connectivity index (χ0) is 14.4. The third kappa shape index (κ3) is 2.31. The highest BCUT2D eigenvalue weighted by atomic mass is 32.1. The van der Waals surface area contributed by atoms with Crippen LogP contribution in [-0.4, -0.2) is 57.3 Å². The molecule has 2 atom stereocenters. The first-order valence-corrected chi connectivity index (χ1v) is 8.12. The molecule has 0 unspecified atom stereocenters. The molecule has 3 heterocycles. The number of fused-ring (bicyclic) bond motifs is 1. The molecule has 2 aliphatic heterocycles. The lowest BCUT2D eigenvalue weighted by Crippen LogP contribution is -2.42. The molecule has 0 spiro atoms. The minimum Gasteiger partial charge on any atom is -0.393 e. The number of hydrogen-bond acceptors (Lipinski definition) is 6. The van der Waals surface area contributed by atoms with Crippen LogP contribution in [-0.2, 0) is 4.74 Å². The fourth-order valence-electron chi connectivity index (χ4n) is 3.21. The number of amides is 2. The van der Waals surface area contributed by atoms with E-state index in [1.54, 1.807) is 4.90 Å². The Bertz CT molecular complexity index is 561. The molecule has 2 N–H and O–H groups in total. The second-order valence-corrected chi connectivity index (χ2v) is 6.85. The van der Waals surface area contributed by atoms with E-state index < -0.39 is 5.60 Å². The number of carbonyl (C=O) groups excluding carboxylic acids is 1. The molecule has 4 rings (SSSR count). The van der Waals surface area contributed by atoms with Gasteiger partial charge in [-0.25, -0.2) is 9.78 Å². The molecule has 3 aliphatic rings. The predicted octanol–water partition coefficient (Wildman–Crippen LogP) is 1.03. The van der Waals surface area contributed by atoms with Crippen LogP contribution in [0.5, 0.6) is 0 Å². The van der Waals surface area contributed by atoms with Crippen LogP contribution in [0.3, 0.4) is 0 Å². The number of anilines is 1. The van der Waals surface area contributed by atoms with Crippen molar-refractivity contribution in [3.8, 4) is 0 Å². The summed E-state index contributed by atoms with van der Waals surface area (Å²) >= 11 is 1.23. The van der Waals surface area contributed by atoms with Crippen LogP contribution >= 0.6 is 11.5 Å². The van der Waals surface area contributed by atoms with Gasteiger partial charge in [0.25, 0.3) is 0 Å². The van der Waals surface area contributed by atoms with Crippen molar-refractivity contribution in [3.05, 3.63) is 5.82 Å². The predicted molar refractivity (Wildman–Crippen MR) is 76.4 cm³/mol. The number of aromatic nitrogens is 2. The van der Waals surface area contributed by atoms with E-state index in [0.717, 1.165) is 25.1 Å². The Hall–Kier alpha value is -1.25. The van der Waals surface area contributed by atoms with E-state index in [2.05, 4.69) is 14.7 Å². The minimum atomic E-state index is -0.558. The van der Waals surface area contributed by atoms with Gasteiger partial charge in [-0.2, -0.15) is 4.37 Å². The molecule has 3 fully saturated rings. The first kappa shape index (κ1) is 13.4. The summed E-state index contributed by atoms with van der Waals surface area (Å²) in [4.78, 5) is 18.4. The molecule has 1 saturated carbocycles. The molecule has 2 amide bonds. The maximum Gasteiger partial charge on any atom is 0.323 e. The lowest BCUT2D eigenvalue weighted by Gasteiger charge is -2.25. The van der Waals surface area contributed by atoms with E-state index in [1.165, 1.54) is 11.5 Å². The van der Waals surface area contributed by atoms with Gasteiger partial charge in [0.1, 0.15) is 11.4 Å². The number of ether oxygens (including phenoxy) is 1. The quantitative estimate of drug-likeness (QED) is 0.870. The molecule has 0 bridgehead atoms. The number of nitrogens with zero attached hydrogens (tertiary/aromatic N) is 3. The smallest absolute Gasteiger partial charge is 0.323 e. The maximum absolute atomic E-state index is 12.3. The number of urea groups is 1. The van der Waals surface area contributed by atoms with E-state index in [4.69, 9.17) is 4.74 Å². The second kappa shape index (κ2) is 4.89. The third-order valence-electron chi connectivity index (χ3n) is 4.65. The summed E-state index contributed by atoms with van der Waals surface area (Å²) < 4.78 is 9.97. The molecule has 1 aromatic heterocycles. The number of aliphatic hydroxyl groups is 1. The third-order valence-corrected chi connectivity index (χ3v) is 5.30. The normalized spacial score (nSPS) is 31.5. The molecule has 0 aromatic carbocycles. The first-order valence-electron chi connectivity index (χ1n) is 7.34. The molecule has 0 radical (unpaired) electrons. The lowest BCUT2D eigenvalue weighted by molar-refractivity contribution is -0.0437. The van der Waals surface area contributed by atoms with E-state index >= 15 is 0 Å². The number of nitrogens with one attached hydrogen (secondary N) is 1. The van der Waals surface area contributed by atoms with Crippen molar-refractivity contribution in [1.82, 2.24) is 14.3 Å². The van der Waals surface area contributed by atoms with Crippen LogP contribution in [0.4, 0.5) is 9.93 Å². The molecule has 21 heavy (non-hydrogen) atoms. The lowest BCUT2D eigenvalue weighted by atomic mass is 9.92.